The quantitative estimate of drug-likeness (QED) is 0.791. The molecule has 0 fully saturated rings. The molecule has 9 heteroatoms. The van der Waals surface area contributed by atoms with Gasteiger partial charge in [-0.15, -0.1) is 0 Å². The van der Waals surface area contributed by atoms with Gasteiger partial charge in [-0.1, -0.05) is 29.8 Å². The second-order valence-corrected chi connectivity index (χ2v) is 8.77. The predicted octanol–water partition coefficient (Wildman–Crippen LogP) is 3.94. The van der Waals surface area contributed by atoms with Gasteiger partial charge in [-0.3, -0.25) is 9.52 Å². The van der Waals surface area contributed by atoms with Crippen molar-refractivity contribution in [3.8, 4) is 0 Å². The van der Waals surface area contributed by atoms with E-state index in [1.165, 1.54) is 24.1 Å². The number of benzene rings is 2. The first kappa shape index (κ1) is 20.3. The lowest BCUT2D eigenvalue weighted by molar-refractivity contribution is -0.130. The summed E-state index contributed by atoms with van der Waals surface area (Å²) in [5.74, 6) is -0.851. The third kappa shape index (κ3) is 4.18. The Labute approximate surface area is 168 Å². The third-order valence-corrected chi connectivity index (χ3v) is 6.07. The van der Waals surface area contributed by atoms with Gasteiger partial charge in [0.25, 0.3) is 0 Å². The largest absolute Gasteiger partial charge is 0.284 e. The van der Waals surface area contributed by atoms with Crippen molar-refractivity contribution in [2.75, 3.05) is 10.5 Å². The van der Waals surface area contributed by atoms with E-state index < -0.39 is 21.9 Å². The fourth-order valence-corrected chi connectivity index (χ4v) is 3.94. The number of carbonyl (C=O) groups is 1. The number of nitrogens with one attached hydrogen (secondary N) is 1. The smallest absolute Gasteiger partial charge is 0.240 e. The maximum Gasteiger partial charge on any atom is 0.240 e. The number of amides is 1. The van der Waals surface area contributed by atoms with Gasteiger partial charge >= 0.3 is 0 Å². The molecule has 3 rings (SSSR count). The highest BCUT2D eigenvalue weighted by Gasteiger charge is 2.34. The van der Waals surface area contributed by atoms with Crippen molar-refractivity contribution in [3.63, 3.8) is 0 Å². The van der Waals surface area contributed by atoms with Gasteiger partial charge in [0.15, 0.2) is 0 Å². The highest BCUT2D eigenvalue weighted by Crippen LogP contribution is 2.37. The minimum Gasteiger partial charge on any atom is -0.284 e. The van der Waals surface area contributed by atoms with Gasteiger partial charge in [-0.25, -0.2) is 17.8 Å². The monoisotopic (exact) mass is 423 g/mol. The summed E-state index contributed by atoms with van der Waals surface area (Å²) in [5.41, 5.74) is 1.96. The number of hydrazone groups is 1. The van der Waals surface area contributed by atoms with E-state index in [-0.39, 0.29) is 22.2 Å². The first-order valence-electron chi connectivity index (χ1n) is 8.64. The second-order valence-electron chi connectivity index (χ2n) is 6.35. The third-order valence-electron chi connectivity index (χ3n) is 4.44. The maximum atomic E-state index is 14.4. The molecule has 0 spiro atoms. The number of hydrogen-bond donors (Lipinski definition) is 1. The molecule has 0 aromatic heterocycles. The van der Waals surface area contributed by atoms with Crippen molar-refractivity contribution in [3.05, 3.63) is 64.4 Å². The van der Waals surface area contributed by atoms with Crippen LogP contribution < -0.4 is 4.72 Å². The van der Waals surface area contributed by atoms with Crippen molar-refractivity contribution in [1.82, 2.24) is 5.01 Å². The van der Waals surface area contributed by atoms with E-state index in [1.807, 2.05) is 0 Å². The summed E-state index contributed by atoms with van der Waals surface area (Å²) in [7, 11) is -3.37. The summed E-state index contributed by atoms with van der Waals surface area (Å²) >= 11 is 6.18. The number of nitrogens with zero attached hydrogens (tertiary/aromatic N) is 2. The van der Waals surface area contributed by atoms with Crippen LogP contribution in [0.2, 0.25) is 5.02 Å². The molecule has 6 nitrogen and oxygen atoms in total. The average Bonchev–Trinajstić information content (AvgIpc) is 3.07. The van der Waals surface area contributed by atoms with Crippen LogP contribution >= 0.6 is 11.6 Å². The fraction of sp³-hybridized carbons (Fsp3) is 0.263. The molecule has 0 radical (unpaired) electrons. The fourth-order valence-electron chi connectivity index (χ4n) is 3.01. The van der Waals surface area contributed by atoms with E-state index in [0.717, 1.165) is 0 Å². The topological polar surface area (TPSA) is 78.8 Å². The lowest BCUT2D eigenvalue weighted by Gasteiger charge is -2.21. The van der Waals surface area contributed by atoms with Crippen LogP contribution in [0.4, 0.5) is 10.1 Å². The summed E-state index contributed by atoms with van der Waals surface area (Å²) in [6.45, 7) is 2.91. The molecule has 1 heterocycles. The molecule has 2 aromatic carbocycles. The number of carbonyl (C=O) groups excluding carboxylic acids is 1. The van der Waals surface area contributed by atoms with E-state index in [2.05, 4.69) is 9.82 Å². The molecule has 1 atom stereocenters. The molecule has 0 saturated heterocycles. The van der Waals surface area contributed by atoms with Gasteiger partial charge in [-0.05, 0) is 36.8 Å². The average molecular weight is 424 g/mol. The van der Waals surface area contributed by atoms with Crippen LogP contribution in [0.25, 0.3) is 0 Å². The summed E-state index contributed by atoms with van der Waals surface area (Å²) in [6, 6.07) is 10.4. The van der Waals surface area contributed by atoms with Crippen LogP contribution in [0.1, 0.15) is 37.4 Å². The molecule has 1 N–H and O–H groups in total. The van der Waals surface area contributed by atoms with Gasteiger partial charge in [-0.2, -0.15) is 5.10 Å². The van der Waals surface area contributed by atoms with Gasteiger partial charge in [0.05, 0.1) is 17.5 Å². The Kier molecular flexibility index (Phi) is 5.71. The molecule has 0 saturated carbocycles. The molecule has 0 bridgehead atoms. The molecule has 1 aliphatic heterocycles. The molecule has 0 aliphatic carbocycles. The lowest BCUT2D eigenvalue weighted by Crippen LogP contribution is -2.25. The molecule has 0 unspecified atom stereocenters. The zero-order valence-corrected chi connectivity index (χ0v) is 16.9. The number of halogens is 2. The molecular formula is C19H19ClFN3O3S. The van der Waals surface area contributed by atoms with E-state index in [9.17, 15) is 17.6 Å². The van der Waals surface area contributed by atoms with Gasteiger partial charge in [0.1, 0.15) is 5.82 Å². The van der Waals surface area contributed by atoms with E-state index in [0.29, 0.717) is 23.4 Å². The molecule has 1 aliphatic rings. The standard InChI is InChI=1S/C19H19ClFN3O3S/c1-3-28(26,27)23-14-9-7-13(8-10-14)17-11-18(24(22-17)12(2)25)19-15(20)5-4-6-16(19)21/h4-10,18,23H,3,11H2,1-2H3/t18-/m1/s1. The summed E-state index contributed by atoms with van der Waals surface area (Å²) in [5, 5.41) is 5.82. The zero-order valence-electron chi connectivity index (χ0n) is 15.3. The Hall–Kier alpha value is -2.45. The van der Waals surface area contributed by atoms with Crippen LogP contribution in [-0.4, -0.2) is 30.8 Å². The van der Waals surface area contributed by atoms with Gasteiger partial charge in [0, 0.05) is 29.6 Å². The Bertz CT molecular complexity index is 1020. The SMILES string of the molecule is CCS(=O)(=O)Nc1ccc(C2=NN(C(C)=O)[C@@H](c3c(F)cccc3Cl)C2)cc1. The van der Waals surface area contributed by atoms with Crippen LogP contribution in [0.3, 0.4) is 0 Å². The van der Waals surface area contributed by atoms with Crippen molar-refractivity contribution >= 4 is 38.9 Å². The highest BCUT2D eigenvalue weighted by molar-refractivity contribution is 7.92. The molecule has 1 amide bonds. The summed E-state index contributed by atoms with van der Waals surface area (Å²) in [4.78, 5) is 12.0. The number of anilines is 1. The molecule has 28 heavy (non-hydrogen) atoms. The van der Waals surface area contributed by atoms with E-state index >= 15 is 0 Å². The molecular weight excluding hydrogens is 405 g/mol. The van der Waals surface area contributed by atoms with Crippen LogP contribution in [0.5, 0.6) is 0 Å². The Morgan fingerprint density at radius 2 is 1.96 bits per heavy atom. The second kappa shape index (κ2) is 7.89. The number of hydrogen-bond acceptors (Lipinski definition) is 4. The zero-order chi connectivity index (χ0) is 20.5. The minimum absolute atomic E-state index is 0.0277. The summed E-state index contributed by atoms with van der Waals surface area (Å²) in [6.07, 6.45) is 0.292. The number of rotatable bonds is 5. The van der Waals surface area contributed by atoms with E-state index in [4.69, 9.17) is 11.6 Å². The number of sulfonamides is 1. The molecule has 148 valence electrons. The first-order chi connectivity index (χ1) is 13.2. The Morgan fingerprint density at radius 1 is 1.29 bits per heavy atom. The minimum atomic E-state index is -3.37. The normalized spacial score (nSPS) is 16.8. The first-order valence-corrected chi connectivity index (χ1v) is 10.7. The molecule has 2 aromatic rings. The Morgan fingerprint density at radius 3 is 2.54 bits per heavy atom. The summed E-state index contributed by atoms with van der Waals surface area (Å²) < 4.78 is 40.2. The van der Waals surface area contributed by atoms with Crippen LogP contribution in [-0.2, 0) is 14.8 Å². The lowest BCUT2D eigenvalue weighted by atomic mass is 9.98. The maximum absolute atomic E-state index is 14.4. The van der Waals surface area contributed by atoms with Crippen molar-refractivity contribution in [1.29, 1.82) is 0 Å². The van der Waals surface area contributed by atoms with Crippen molar-refractivity contribution in [2.24, 2.45) is 5.10 Å². The van der Waals surface area contributed by atoms with Crippen LogP contribution in [0.15, 0.2) is 47.6 Å². The van der Waals surface area contributed by atoms with Crippen molar-refractivity contribution in [2.45, 2.75) is 26.3 Å². The Balaban J connectivity index is 1.89. The van der Waals surface area contributed by atoms with Crippen molar-refractivity contribution < 1.29 is 17.6 Å². The van der Waals surface area contributed by atoms with Gasteiger partial charge < -0.3 is 0 Å². The highest BCUT2D eigenvalue weighted by atomic mass is 35.5. The predicted molar refractivity (Wildman–Crippen MR) is 107 cm³/mol. The van der Waals surface area contributed by atoms with Crippen LogP contribution in [0, 0.1) is 5.82 Å². The van der Waals surface area contributed by atoms with E-state index in [1.54, 1.807) is 37.3 Å². The van der Waals surface area contributed by atoms with Gasteiger partial charge in [0.2, 0.25) is 15.9 Å².